The number of amidine groups is 1. The molecule has 0 saturated carbocycles. The van der Waals surface area contributed by atoms with Crippen LogP contribution < -0.4 is 5.73 Å². The highest BCUT2D eigenvalue weighted by Crippen LogP contribution is 2.26. The Balaban J connectivity index is 3.14. The van der Waals surface area contributed by atoms with E-state index in [4.69, 9.17) is 5.73 Å². The van der Waals surface area contributed by atoms with Gasteiger partial charge in [-0.05, 0) is 12.3 Å². The van der Waals surface area contributed by atoms with Crippen molar-refractivity contribution in [3.05, 3.63) is 34.4 Å². The van der Waals surface area contributed by atoms with E-state index in [1.54, 1.807) is 24.5 Å². The van der Waals surface area contributed by atoms with E-state index in [2.05, 4.69) is 4.99 Å². The molecule has 14 heavy (non-hydrogen) atoms. The van der Waals surface area contributed by atoms with Gasteiger partial charge >= 0.3 is 0 Å². The lowest BCUT2D eigenvalue weighted by molar-refractivity contribution is -0.384. The lowest BCUT2D eigenvalue weighted by Crippen LogP contribution is -2.04. The molecule has 0 aliphatic heterocycles. The molecule has 5 nitrogen and oxygen atoms in total. The fourth-order valence-electron chi connectivity index (χ4n) is 0.877. The summed E-state index contributed by atoms with van der Waals surface area (Å²) in [7, 11) is 0. The van der Waals surface area contributed by atoms with Crippen LogP contribution in [-0.4, -0.2) is 16.3 Å². The minimum Gasteiger partial charge on any atom is -0.378 e. The van der Waals surface area contributed by atoms with Crippen molar-refractivity contribution < 1.29 is 4.92 Å². The van der Waals surface area contributed by atoms with Crippen LogP contribution in [0.4, 0.5) is 11.4 Å². The van der Waals surface area contributed by atoms with Crippen LogP contribution in [0.5, 0.6) is 0 Å². The third kappa shape index (κ3) is 2.46. The van der Waals surface area contributed by atoms with Crippen LogP contribution in [0.25, 0.3) is 0 Å². The summed E-state index contributed by atoms with van der Waals surface area (Å²) in [6.45, 7) is 0. The number of nitrogens with two attached hydrogens (primary N) is 1. The molecule has 0 amide bonds. The fraction of sp³-hybridized carbons (Fsp3) is 0.125. The van der Waals surface area contributed by atoms with Crippen molar-refractivity contribution in [1.82, 2.24) is 0 Å². The largest absolute Gasteiger partial charge is 0.378 e. The molecule has 2 N–H and O–H groups in total. The molecule has 0 bridgehead atoms. The summed E-state index contributed by atoms with van der Waals surface area (Å²) in [5, 5.41) is 10.9. The Morgan fingerprint density at radius 3 is 2.79 bits per heavy atom. The minimum absolute atomic E-state index is 0.0375. The number of nitro benzene ring substituents is 1. The van der Waals surface area contributed by atoms with Crippen LogP contribution in [0.15, 0.2) is 29.3 Å². The highest BCUT2D eigenvalue weighted by atomic mass is 32.2. The summed E-state index contributed by atoms with van der Waals surface area (Å²) in [5.74, 6) is 0. The summed E-state index contributed by atoms with van der Waals surface area (Å²) < 4.78 is 0. The maximum atomic E-state index is 10.6. The Hall–Kier alpha value is -1.56. The van der Waals surface area contributed by atoms with Crippen molar-refractivity contribution in [2.45, 2.75) is 0 Å². The molecule has 0 radical (unpaired) electrons. The number of aliphatic imine (C=N–C) groups is 1. The predicted octanol–water partition coefficient (Wildman–Crippen LogP) is 1.90. The SMILES string of the molecule is CSC(N)=Nc1ccccc1[N+](=O)[O-]. The lowest BCUT2D eigenvalue weighted by atomic mass is 10.3. The van der Waals surface area contributed by atoms with Gasteiger partial charge in [0.25, 0.3) is 5.69 Å². The standard InChI is InChI=1S/C8H9N3O2S/c1-14-8(9)10-6-4-2-3-5-7(6)11(12)13/h2-5H,1H3,(H2,9,10). The molecule has 74 valence electrons. The fourth-order valence-corrected chi connectivity index (χ4v) is 1.07. The average molecular weight is 211 g/mol. The average Bonchev–Trinajstić information content (AvgIpc) is 2.18. The number of nitro groups is 1. The minimum atomic E-state index is -0.480. The van der Waals surface area contributed by atoms with E-state index in [0.717, 1.165) is 0 Å². The number of benzene rings is 1. The van der Waals surface area contributed by atoms with Gasteiger partial charge in [-0.15, -0.1) is 0 Å². The molecule has 0 aliphatic rings. The lowest BCUT2D eigenvalue weighted by Gasteiger charge is -1.97. The first kappa shape index (κ1) is 10.5. The molecule has 0 atom stereocenters. The number of thioether (sulfide) groups is 1. The molecular weight excluding hydrogens is 202 g/mol. The van der Waals surface area contributed by atoms with E-state index in [1.807, 2.05) is 0 Å². The van der Waals surface area contributed by atoms with E-state index in [9.17, 15) is 10.1 Å². The topological polar surface area (TPSA) is 81.5 Å². The summed E-state index contributed by atoms with van der Waals surface area (Å²) in [4.78, 5) is 14.0. The van der Waals surface area contributed by atoms with Crippen molar-refractivity contribution in [2.75, 3.05) is 6.26 Å². The highest BCUT2D eigenvalue weighted by molar-refractivity contribution is 8.13. The number of para-hydroxylation sites is 2. The van der Waals surface area contributed by atoms with Crippen molar-refractivity contribution in [2.24, 2.45) is 10.7 Å². The van der Waals surface area contributed by atoms with Gasteiger partial charge in [-0.1, -0.05) is 23.9 Å². The quantitative estimate of drug-likeness (QED) is 0.350. The molecule has 0 aromatic heterocycles. The molecule has 0 fully saturated rings. The van der Waals surface area contributed by atoms with Gasteiger partial charge in [0.15, 0.2) is 5.17 Å². The third-order valence-corrected chi connectivity index (χ3v) is 2.03. The second kappa shape index (κ2) is 4.61. The Kier molecular flexibility index (Phi) is 3.47. The number of rotatable bonds is 2. The van der Waals surface area contributed by atoms with Gasteiger partial charge in [0.2, 0.25) is 0 Å². The number of hydrogen-bond donors (Lipinski definition) is 1. The first-order valence-corrected chi connectivity index (χ1v) is 4.99. The van der Waals surface area contributed by atoms with Crippen LogP contribution in [0.1, 0.15) is 0 Å². The molecule has 0 spiro atoms. The zero-order valence-electron chi connectivity index (χ0n) is 7.51. The van der Waals surface area contributed by atoms with E-state index in [0.29, 0.717) is 5.17 Å². The summed E-state index contributed by atoms with van der Waals surface area (Å²) in [6, 6.07) is 6.22. The van der Waals surface area contributed by atoms with Gasteiger partial charge in [0.05, 0.1) is 4.92 Å². The molecule has 1 rings (SSSR count). The zero-order chi connectivity index (χ0) is 10.6. The van der Waals surface area contributed by atoms with Crippen LogP contribution in [0, 0.1) is 10.1 Å². The summed E-state index contributed by atoms with van der Waals surface area (Å²) in [6.07, 6.45) is 1.76. The summed E-state index contributed by atoms with van der Waals surface area (Å²) >= 11 is 1.25. The smallest absolute Gasteiger partial charge is 0.294 e. The molecule has 6 heteroatoms. The van der Waals surface area contributed by atoms with Gasteiger partial charge in [-0.25, -0.2) is 4.99 Å². The van der Waals surface area contributed by atoms with Gasteiger partial charge in [0, 0.05) is 6.07 Å². The van der Waals surface area contributed by atoms with E-state index < -0.39 is 4.92 Å². The number of hydrogen-bond acceptors (Lipinski definition) is 4. The predicted molar refractivity (Wildman–Crippen MR) is 57.9 cm³/mol. The van der Waals surface area contributed by atoms with E-state index >= 15 is 0 Å². The second-order valence-corrected chi connectivity index (χ2v) is 3.23. The van der Waals surface area contributed by atoms with Crippen LogP contribution in [0.2, 0.25) is 0 Å². The molecule has 0 saturated heterocycles. The van der Waals surface area contributed by atoms with Crippen molar-refractivity contribution in [3.63, 3.8) is 0 Å². The van der Waals surface area contributed by atoms with Crippen LogP contribution >= 0.6 is 11.8 Å². The summed E-state index contributed by atoms with van der Waals surface area (Å²) in [5.41, 5.74) is 5.71. The molecule has 0 aliphatic carbocycles. The van der Waals surface area contributed by atoms with E-state index in [-0.39, 0.29) is 11.4 Å². The Morgan fingerprint density at radius 1 is 1.57 bits per heavy atom. The van der Waals surface area contributed by atoms with Crippen LogP contribution in [-0.2, 0) is 0 Å². The Bertz CT molecular complexity index is 379. The Labute approximate surface area is 85.2 Å². The zero-order valence-corrected chi connectivity index (χ0v) is 8.32. The van der Waals surface area contributed by atoms with Gasteiger partial charge < -0.3 is 5.73 Å². The molecule has 0 unspecified atom stereocenters. The van der Waals surface area contributed by atoms with Gasteiger partial charge in [-0.3, -0.25) is 10.1 Å². The first-order chi connectivity index (χ1) is 6.65. The van der Waals surface area contributed by atoms with Crippen molar-refractivity contribution in [3.8, 4) is 0 Å². The van der Waals surface area contributed by atoms with Crippen molar-refractivity contribution in [1.29, 1.82) is 0 Å². The Morgan fingerprint density at radius 2 is 2.21 bits per heavy atom. The van der Waals surface area contributed by atoms with Gasteiger partial charge in [-0.2, -0.15) is 0 Å². The first-order valence-electron chi connectivity index (χ1n) is 3.76. The molecule has 1 aromatic rings. The van der Waals surface area contributed by atoms with Crippen molar-refractivity contribution >= 4 is 28.3 Å². The van der Waals surface area contributed by atoms with Crippen LogP contribution in [0.3, 0.4) is 0 Å². The van der Waals surface area contributed by atoms with Gasteiger partial charge in [0.1, 0.15) is 5.69 Å². The number of nitrogens with zero attached hydrogens (tertiary/aromatic N) is 2. The molecular formula is C8H9N3O2S. The monoisotopic (exact) mass is 211 g/mol. The second-order valence-electron chi connectivity index (χ2n) is 2.40. The maximum Gasteiger partial charge on any atom is 0.294 e. The normalized spacial score (nSPS) is 11.4. The molecule has 1 aromatic carbocycles. The highest BCUT2D eigenvalue weighted by Gasteiger charge is 2.11. The maximum absolute atomic E-state index is 10.6. The van der Waals surface area contributed by atoms with E-state index in [1.165, 1.54) is 17.8 Å². The third-order valence-electron chi connectivity index (χ3n) is 1.52. The molecule has 0 heterocycles.